The lowest BCUT2D eigenvalue weighted by atomic mass is 9.98. The molecule has 1 N–H and O–H groups in total. The highest BCUT2D eigenvalue weighted by atomic mass is 16.5. The first-order chi connectivity index (χ1) is 14.7. The molecule has 1 aliphatic rings. The van der Waals surface area contributed by atoms with E-state index >= 15 is 0 Å². The fraction of sp³-hybridized carbons (Fsp3) is 0.348. The van der Waals surface area contributed by atoms with Gasteiger partial charge >= 0.3 is 0 Å². The molecular weight excluding hydrogens is 380 g/mol. The Labute approximate surface area is 175 Å². The van der Waals surface area contributed by atoms with Gasteiger partial charge in [-0.25, -0.2) is 4.98 Å². The van der Waals surface area contributed by atoms with Crippen molar-refractivity contribution in [1.29, 1.82) is 0 Å². The molecule has 0 saturated carbocycles. The van der Waals surface area contributed by atoms with Gasteiger partial charge in [-0.3, -0.25) is 14.7 Å². The number of rotatable bonds is 6. The van der Waals surface area contributed by atoms with E-state index in [4.69, 9.17) is 14.5 Å². The van der Waals surface area contributed by atoms with Crippen LogP contribution in [0.4, 0.5) is 0 Å². The maximum atomic E-state index is 12.4. The third-order valence-electron chi connectivity index (χ3n) is 5.49. The number of nitrogens with zero attached hydrogens (tertiary/aromatic N) is 3. The van der Waals surface area contributed by atoms with E-state index in [-0.39, 0.29) is 11.6 Å². The Morgan fingerprint density at radius 1 is 1.13 bits per heavy atom. The van der Waals surface area contributed by atoms with Crippen molar-refractivity contribution in [2.45, 2.75) is 31.8 Å². The Hall–Kier alpha value is -3.19. The Kier molecular flexibility index (Phi) is 6.09. The number of H-pyrrole nitrogens is 1. The van der Waals surface area contributed by atoms with E-state index in [1.54, 1.807) is 32.7 Å². The van der Waals surface area contributed by atoms with Crippen molar-refractivity contribution in [2.75, 3.05) is 20.8 Å². The van der Waals surface area contributed by atoms with Crippen molar-refractivity contribution in [1.82, 2.24) is 19.9 Å². The molecule has 1 fully saturated rings. The molecule has 30 heavy (non-hydrogen) atoms. The summed E-state index contributed by atoms with van der Waals surface area (Å²) >= 11 is 0. The summed E-state index contributed by atoms with van der Waals surface area (Å²) in [5, 5.41) is 0. The first-order valence-corrected chi connectivity index (χ1v) is 10.1. The molecule has 1 aliphatic heterocycles. The molecule has 0 spiro atoms. The highest BCUT2D eigenvalue weighted by Gasteiger charge is 2.26. The van der Waals surface area contributed by atoms with Gasteiger partial charge in [0.2, 0.25) is 0 Å². The second kappa shape index (κ2) is 9.09. The molecule has 1 aromatic carbocycles. The molecule has 7 nitrogen and oxygen atoms in total. The lowest BCUT2D eigenvalue weighted by Crippen LogP contribution is -2.34. The van der Waals surface area contributed by atoms with Gasteiger partial charge in [0, 0.05) is 30.6 Å². The molecule has 0 aliphatic carbocycles. The van der Waals surface area contributed by atoms with Crippen LogP contribution in [0, 0.1) is 0 Å². The predicted molar refractivity (Wildman–Crippen MR) is 115 cm³/mol. The van der Waals surface area contributed by atoms with E-state index in [0.29, 0.717) is 11.6 Å². The molecule has 0 bridgehead atoms. The minimum Gasteiger partial charge on any atom is -0.493 e. The number of methoxy groups -OCH3 is 2. The third kappa shape index (κ3) is 4.36. The molecule has 3 heterocycles. The Bertz CT molecular complexity index is 1050. The summed E-state index contributed by atoms with van der Waals surface area (Å²) in [5.74, 6) is 1.99. The van der Waals surface area contributed by atoms with Crippen molar-refractivity contribution >= 4 is 0 Å². The fourth-order valence-corrected chi connectivity index (χ4v) is 4.02. The van der Waals surface area contributed by atoms with Crippen LogP contribution >= 0.6 is 0 Å². The second-order valence-corrected chi connectivity index (χ2v) is 7.43. The largest absolute Gasteiger partial charge is 0.493 e. The second-order valence-electron chi connectivity index (χ2n) is 7.43. The van der Waals surface area contributed by atoms with Crippen LogP contribution in [-0.4, -0.2) is 40.6 Å². The van der Waals surface area contributed by atoms with Crippen LogP contribution in [0.25, 0.3) is 11.4 Å². The summed E-state index contributed by atoms with van der Waals surface area (Å²) < 4.78 is 10.8. The average molecular weight is 406 g/mol. The maximum Gasteiger partial charge on any atom is 0.251 e. The first-order valence-electron chi connectivity index (χ1n) is 10.1. The Balaban J connectivity index is 1.63. The van der Waals surface area contributed by atoms with E-state index < -0.39 is 0 Å². The van der Waals surface area contributed by atoms with Gasteiger partial charge in [-0.1, -0.05) is 12.5 Å². The molecule has 0 radical (unpaired) electrons. The van der Waals surface area contributed by atoms with Crippen molar-refractivity contribution in [3.8, 4) is 22.9 Å². The van der Waals surface area contributed by atoms with Crippen LogP contribution in [0.3, 0.4) is 0 Å². The topological polar surface area (TPSA) is 80.3 Å². The molecule has 3 aromatic rings. The number of nitrogens with one attached hydrogen (secondary N) is 1. The SMILES string of the molecule is COc1ccc(CN2CCCC[C@@H]2c2cc(=O)[nH]c(-c3cccnc3)n2)cc1OC. The van der Waals surface area contributed by atoms with E-state index in [9.17, 15) is 4.79 Å². The third-order valence-corrected chi connectivity index (χ3v) is 5.49. The summed E-state index contributed by atoms with van der Waals surface area (Å²) in [4.78, 5) is 26.5. The number of aromatic amines is 1. The fourth-order valence-electron chi connectivity index (χ4n) is 4.02. The molecule has 1 saturated heterocycles. The van der Waals surface area contributed by atoms with Crippen LogP contribution in [0.2, 0.25) is 0 Å². The minimum atomic E-state index is -0.143. The summed E-state index contributed by atoms with van der Waals surface area (Å²) in [6, 6.07) is 11.4. The zero-order valence-corrected chi connectivity index (χ0v) is 17.3. The number of hydrogen-bond acceptors (Lipinski definition) is 6. The van der Waals surface area contributed by atoms with Crippen molar-refractivity contribution in [3.63, 3.8) is 0 Å². The predicted octanol–water partition coefficient (Wildman–Crippen LogP) is 3.58. The van der Waals surface area contributed by atoms with Crippen LogP contribution < -0.4 is 15.0 Å². The van der Waals surface area contributed by atoms with Gasteiger partial charge in [0.05, 0.1) is 26.0 Å². The van der Waals surface area contributed by atoms with Gasteiger partial charge in [0.15, 0.2) is 11.5 Å². The molecule has 0 amide bonds. The van der Waals surface area contributed by atoms with Gasteiger partial charge in [0.25, 0.3) is 5.56 Å². The molecular formula is C23H26N4O3. The van der Waals surface area contributed by atoms with Gasteiger partial charge in [0.1, 0.15) is 5.82 Å². The quantitative estimate of drug-likeness (QED) is 0.674. The normalized spacial score (nSPS) is 16.9. The Morgan fingerprint density at radius 2 is 2.00 bits per heavy atom. The van der Waals surface area contributed by atoms with Gasteiger partial charge in [-0.15, -0.1) is 0 Å². The van der Waals surface area contributed by atoms with Crippen LogP contribution in [0.5, 0.6) is 11.5 Å². The minimum absolute atomic E-state index is 0.0876. The van der Waals surface area contributed by atoms with Gasteiger partial charge in [-0.2, -0.15) is 0 Å². The molecule has 4 rings (SSSR count). The first kappa shape index (κ1) is 20.1. The molecule has 2 aromatic heterocycles. The van der Waals surface area contributed by atoms with E-state index in [2.05, 4.69) is 20.9 Å². The number of hydrogen-bond donors (Lipinski definition) is 1. The molecule has 0 unspecified atom stereocenters. The average Bonchev–Trinajstić information content (AvgIpc) is 2.79. The van der Waals surface area contributed by atoms with Crippen molar-refractivity contribution in [3.05, 3.63) is 70.4 Å². The summed E-state index contributed by atoms with van der Waals surface area (Å²) in [6.45, 7) is 1.71. The smallest absolute Gasteiger partial charge is 0.251 e. The van der Waals surface area contributed by atoms with E-state index in [1.807, 2.05) is 24.3 Å². The number of benzene rings is 1. The van der Waals surface area contributed by atoms with Crippen molar-refractivity contribution in [2.24, 2.45) is 0 Å². The number of ether oxygens (including phenoxy) is 2. The van der Waals surface area contributed by atoms with Crippen LogP contribution in [-0.2, 0) is 6.54 Å². The lowest BCUT2D eigenvalue weighted by molar-refractivity contribution is 0.137. The van der Waals surface area contributed by atoms with Gasteiger partial charge < -0.3 is 14.5 Å². The molecule has 156 valence electrons. The Morgan fingerprint density at radius 3 is 2.77 bits per heavy atom. The van der Waals surface area contributed by atoms with Crippen LogP contribution in [0.1, 0.15) is 36.6 Å². The summed E-state index contributed by atoms with van der Waals surface area (Å²) in [5.41, 5.74) is 2.60. The summed E-state index contributed by atoms with van der Waals surface area (Å²) in [7, 11) is 3.28. The van der Waals surface area contributed by atoms with E-state index in [0.717, 1.165) is 54.9 Å². The highest BCUT2D eigenvalue weighted by Crippen LogP contribution is 2.33. The zero-order chi connectivity index (χ0) is 20.9. The monoisotopic (exact) mass is 406 g/mol. The number of aromatic nitrogens is 3. The molecule has 7 heteroatoms. The standard InChI is InChI=1S/C23H26N4O3/c1-29-20-9-8-16(12-21(20)30-2)15-27-11-4-3-7-19(27)18-13-22(28)26-23(25-18)17-6-5-10-24-14-17/h5-6,8-10,12-14,19H,3-4,7,11,15H2,1-2H3,(H,25,26,28)/t19-/m1/s1. The number of likely N-dealkylation sites (tertiary alicyclic amines) is 1. The van der Waals surface area contributed by atoms with Gasteiger partial charge in [-0.05, 0) is 49.2 Å². The van der Waals surface area contributed by atoms with Crippen molar-refractivity contribution < 1.29 is 9.47 Å². The van der Waals surface area contributed by atoms with Crippen LogP contribution in [0.15, 0.2) is 53.6 Å². The zero-order valence-electron chi connectivity index (χ0n) is 17.3. The van der Waals surface area contributed by atoms with E-state index in [1.165, 1.54) is 0 Å². The lowest BCUT2D eigenvalue weighted by Gasteiger charge is -2.35. The number of pyridine rings is 1. The maximum absolute atomic E-state index is 12.4. The molecule has 1 atom stereocenters. The summed E-state index contributed by atoms with van der Waals surface area (Å²) in [6.07, 6.45) is 6.63. The number of piperidine rings is 1. The highest BCUT2D eigenvalue weighted by molar-refractivity contribution is 5.52.